The number of hydrogen-bond acceptors (Lipinski definition) is 7. The Labute approximate surface area is 197 Å². The van der Waals surface area contributed by atoms with Crippen LogP contribution in [0, 0.1) is 17.2 Å². The summed E-state index contributed by atoms with van der Waals surface area (Å²) in [6.45, 7) is 5.63. The fraction of sp³-hybridized carbons (Fsp3) is 0.385. The van der Waals surface area contributed by atoms with Gasteiger partial charge in [-0.25, -0.2) is 0 Å². The van der Waals surface area contributed by atoms with Gasteiger partial charge in [-0.05, 0) is 62.4 Å². The van der Waals surface area contributed by atoms with E-state index in [0.717, 1.165) is 23.1 Å². The predicted octanol–water partition coefficient (Wildman–Crippen LogP) is 3.89. The molecule has 1 aromatic heterocycles. The molecular weight excluding hydrogens is 432 g/mol. The van der Waals surface area contributed by atoms with Crippen molar-refractivity contribution in [2.75, 3.05) is 6.61 Å². The second-order valence-electron chi connectivity index (χ2n) is 9.23. The molecule has 0 saturated carbocycles. The Morgan fingerprint density at radius 3 is 2.82 bits per heavy atom. The number of aliphatic hydroxyl groups is 1. The lowest BCUT2D eigenvalue weighted by Gasteiger charge is -2.30. The normalized spacial score (nSPS) is 19.8. The summed E-state index contributed by atoms with van der Waals surface area (Å²) in [5.41, 5.74) is 4.13. The highest BCUT2D eigenvalue weighted by Gasteiger charge is 2.47. The summed E-state index contributed by atoms with van der Waals surface area (Å²) in [6, 6.07) is 13.1. The Morgan fingerprint density at radius 1 is 1.26 bits per heavy atom. The van der Waals surface area contributed by atoms with Gasteiger partial charge in [0.15, 0.2) is 0 Å². The molecule has 5 rings (SSSR count). The SMILES string of the molecule is CC(C)Oc1ccc(-c2nc(-c3cccc4c3C[C@@H]3CC(=O)N([C@H](C)CO)[C@H]43)no2)cc1C#N. The Bertz CT molecular complexity index is 1290. The molecule has 0 bridgehead atoms. The van der Waals surface area contributed by atoms with Crippen molar-refractivity contribution in [1.29, 1.82) is 5.26 Å². The van der Waals surface area contributed by atoms with Crippen LogP contribution >= 0.6 is 0 Å². The van der Waals surface area contributed by atoms with E-state index >= 15 is 0 Å². The zero-order valence-corrected chi connectivity index (χ0v) is 19.4. The molecule has 3 aromatic rings. The lowest BCUT2D eigenvalue weighted by molar-refractivity contribution is -0.131. The van der Waals surface area contributed by atoms with E-state index in [1.165, 1.54) is 0 Å². The van der Waals surface area contributed by atoms with Crippen LogP contribution in [0.15, 0.2) is 40.9 Å². The monoisotopic (exact) mass is 458 g/mol. The maximum Gasteiger partial charge on any atom is 0.258 e. The largest absolute Gasteiger partial charge is 0.490 e. The highest BCUT2D eigenvalue weighted by atomic mass is 16.5. The van der Waals surface area contributed by atoms with E-state index in [4.69, 9.17) is 9.26 Å². The van der Waals surface area contributed by atoms with Crippen molar-refractivity contribution in [2.45, 2.75) is 51.8 Å². The number of rotatable bonds is 6. The quantitative estimate of drug-likeness (QED) is 0.596. The molecule has 8 nitrogen and oxygen atoms in total. The number of aromatic nitrogens is 2. The molecule has 174 valence electrons. The first-order valence-corrected chi connectivity index (χ1v) is 11.5. The van der Waals surface area contributed by atoms with Gasteiger partial charge in [0.1, 0.15) is 11.8 Å². The molecule has 1 fully saturated rings. The Kier molecular flexibility index (Phi) is 5.58. The van der Waals surface area contributed by atoms with Crippen LogP contribution in [0.1, 0.15) is 49.9 Å². The average Bonchev–Trinajstić information content (AvgIpc) is 3.52. The first-order chi connectivity index (χ1) is 16.4. The molecule has 0 radical (unpaired) electrons. The number of ether oxygens (including phenoxy) is 1. The Balaban J connectivity index is 1.48. The highest BCUT2D eigenvalue weighted by Crippen LogP contribution is 2.50. The van der Waals surface area contributed by atoms with Gasteiger partial charge in [0.05, 0.1) is 30.4 Å². The highest BCUT2D eigenvalue weighted by molar-refractivity contribution is 5.81. The number of carbonyl (C=O) groups is 1. The van der Waals surface area contributed by atoms with Crippen molar-refractivity contribution >= 4 is 5.91 Å². The van der Waals surface area contributed by atoms with Gasteiger partial charge in [0, 0.05) is 17.5 Å². The number of nitrogens with zero attached hydrogens (tertiary/aromatic N) is 4. The third-order valence-corrected chi connectivity index (χ3v) is 6.58. The van der Waals surface area contributed by atoms with Crippen molar-refractivity contribution in [3.8, 4) is 34.7 Å². The van der Waals surface area contributed by atoms with Crippen LogP contribution in [0.3, 0.4) is 0 Å². The van der Waals surface area contributed by atoms with E-state index in [9.17, 15) is 15.2 Å². The number of hydrogen-bond donors (Lipinski definition) is 1. The number of aliphatic hydroxyl groups excluding tert-OH is 1. The third-order valence-electron chi connectivity index (χ3n) is 6.58. The van der Waals surface area contributed by atoms with E-state index in [2.05, 4.69) is 16.2 Å². The number of benzene rings is 2. The van der Waals surface area contributed by atoms with E-state index in [-0.39, 0.29) is 36.6 Å². The maximum absolute atomic E-state index is 12.6. The summed E-state index contributed by atoms with van der Waals surface area (Å²) in [4.78, 5) is 19.0. The third kappa shape index (κ3) is 3.62. The fourth-order valence-electron chi connectivity index (χ4n) is 5.16. The zero-order chi connectivity index (χ0) is 24.0. The van der Waals surface area contributed by atoms with Crippen molar-refractivity contribution < 1.29 is 19.2 Å². The number of likely N-dealkylation sites (tertiary alicyclic amines) is 1. The smallest absolute Gasteiger partial charge is 0.258 e. The summed E-state index contributed by atoms with van der Waals surface area (Å²) in [5.74, 6) is 1.58. The molecule has 1 saturated heterocycles. The summed E-state index contributed by atoms with van der Waals surface area (Å²) in [5, 5.41) is 23.4. The number of fused-ring (bicyclic) bond motifs is 3. The first kappa shape index (κ1) is 22.1. The predicted molar refractivity (Wildman–Crippen MR) is 124 cm³/mol. The topological polar surface area (TPSA) is 112 Å². The van der Waals surface area contributed by atoms with Crippen LogP contribution in [0.25, 0.3) is 22.8 Å². The number of nitriles is 1. The number of amides is 1. The van der Waals surface area contributed by atoms with E-state index in [1.807, 2.05) is 43.9 Å². The molecule has 34 heavy (non-hydrogen) atoms. The van der Waals surface area contributed by atoms with Gasteiger partial charge in [-0.2, -0.15) is 10.2 Å². The standard InChI is InChI=1S/C26H26N4O4/c1-14(2)33-22-8-7-16(9-18(22)12-27)26-28-25(29-34-26)20-6-4-5-19-21(20)10-17-11-23(32)30(24(17)19)15(3)13-31/h4-9,14-15,17,24,31H,10-11,13H2,1-3H3/t15-,17-,24+/m1/s1. The Morgan fingerprint density at radius 2 is 2.09 bits per heavy atom. The molecule has 1 aliphatic carbocycles. The van der Waals surface area contributed by atoms with Crippen LogP contribution < -0.4 is 4.74 Å². The maximum atomic E-state index is 12.6. The van der Waals surface area contributed by atoms with Crippen molar-refractivity contribution in [3.05, 3.63) is 53.1 Å². The molecule has 0 unspecified atom stereocenters. The molecule has 8 heteroatoms. The van der Waals surface area contributed by atoms with Crippen molar-refractivity contribution in [2.24, 2.45) is 5.92 Å². The molecule has 2 heterocycles. The van der Waals surface area contributed by atoms with E-state index in [0.29, 0.717) is 35.0 Å². The van der Waals surface area contributed by atoms with Crippen LogP contribution in [-0.4, -0.2) is 44.8 Å². The lowest BCUT2D eigenvalue weighted by atomic mass is 10.0. The van der Waals surface area contributed by atoms with Crippen molar-refractivity contribution in [3.63, 3.8) is 0 Å². The lowest BCUT2D eigenvalue weighted by Crippen LogP contribution is -2.38. The summed E-state index contributed by atoms with van der Waals surface area (Å²) < 4.78 is 11.3. The molecule has 1 amide bonds. The van der Waals surface area contributed by atoms with Gasteiger partial charge >= 0.3 is 0 Å². The summed E-state index contributed by atoms with van der Waals surface area (Å²) in [7, 11) is 0. The Hall–Kier alpha value is -3.70. The molecule has 0 spiro atoms. The van der Waals surface area contributed by atoms with Crippen LogP contribution in [0.5, 0.6) is 5.75 Å². The molecular formula is C26H26N4O4. The molecule has 1 aliphatic heterocycles. The first-order valence-electron chi connectivity index (χ1n) is 11.5. The second kappa shape index (κ2) is 8.58. The molecule has 2 aromatic carbocycles. The molecule has 2 aliphatic rings. The minimum absolute atomic E-state index is 0.0392. The van der Waals surface area contributed by atoms with Gasteiger partial charge in [-0.3, -0.25) is 4.79 Å². The van der Waals surface area contributed by atoms with E-state index < -0.39 is 0 Å². The van der Waals surface area contributed by atoms with Gasteiger partial charge < -0.3 is 19.3 Å². The van der Waals surface area contributed by atoms with Gasteiger partial charge in [0.25, 0.3) is 5.89 Å². The molecule has 3 atom stereocenters. The van der Waals surface area contributed by atoms with E-state index in [1.54, 1.807) is 18.2 Å². The second-order valence-corrected chi connectivity index (χ2v) is 9.23. The van der Waals surface area contributed by atoms with Gasteiger partial charge in [-0.15, -0.1) is 0 Å². The van der Waals surface area contributed by atoms with Crippen molar-refractivity contribution in [1.82, 2.24) is 15.0 Å². The minimum atomic E-state index is -0.231. The number of carbonyl (C=O) groups excluding carboxylic acids is 1. The summed E-state index contributed by atoms with van der Waals surface area (Å²) in [6.07, 6.45) is 1.18. The molecule has 1 N–H and O–H groups in total. The van der Waals surface area contributed by atoms with Gasteiger partial charge in [0.2, 0.25) is 11.7 Å². The van der Waals surface area contributed by atoms with Crippen LogP contribution in [0.4, 0.5) is 0 Å². The minimum Gasteiger partial charge on any atom is -0.490 e. The van der Waals surface area contributed by atoms with Crippen LogP contribution in [0.2, 0.25) is 0 Å². The fourth-order valence-corrected chi connectivity index (χ4v) is 5.16. The van der Waals surface area contributed by atoms with Gasteiger partial charge in [-0.1, -0.05) is 23.4 Å². The summed E-state index contributed by atoms with van der Waals surface area (Å²) >= 11 is 0. The average molecular weight is 459 g/mol. The zero-order valence-electron chi connectivity index (χ0n) is 19.4. The van der Waals surface area contributed by atoms with Crippen LogP contribution in [-0.2, 0) is 11.2 Å².